The van der Waals surface area contributed by atoms with Crippen molar-refractivity contribution in [3.8, 4) is 40.0 Å². The van der Waals surface area contributed by atoms with E-state index >= 15 is 0 Å². The molecule has 0 atom stereocenters. The Kier molecular flexibility index (Phi) is 6.06. The summed E-state index contributed by atoms with van der Waals surface area (Å²) in [5.41, 5.74) is 0.896. The Hall–Kier alpha value is -5.88. The predicted molar refractivity (Wildman–Crippen MR) is 140 cm³/mol. The minimum absolute atomic E-state index is 0.0682. The number of phenols is 1. The van der Waals surface area contributed by atoms with Crippen molar-refractivity contribution in [3.05, 3.63) is 111 Å². The Morgan fingerprint density at radius 3 is 1.92 bits per heavy atom. The van der Waals surface area contributed by atoms with Gasteiger partial charge in [-0.05, 0) is 60.2 Å². The zero-order valence-corrected chi connectivity index (χ0v) is 19.8. The van der Waals surface area contributed by atoms with Crippen LogP contribution in [0, 0.1) is 11.8 Å². The summed E-state index contributed by atoms with van der Waals surface area (Å²) in [6.45, 7) is 0. The number of benzene rings is 4. The Labute approximate surface area is 219 Å². The van der Waals surface area contributed by atoms with E-state index in [1.165, 1.54) is 36.4 Å². The van der Waals surface area contributed by atoms with Crippen molar-refractivity contribution in [3.63, 3.8) is 0 Å². The molecule has 0 aromatic heterocycles. The van der Waals surface area contributed by atoms with Crippen LogP contribution in [0.5, 0.6) is 5.75 Å². The van der Waals surface area contributed by atoms with Crippen molar-refractivity contribution in [1.29, 1.82) is 0 Å². The van der Waals surface area contributed by atoms with Crippen molar-refractivity contribution in [2.75, 3.05) is 0 Å². The van der Waals surface area contributed by atoms with Gasteiger partial charge < -0.3 is 24.8 Å². The van der Waals surface area contributed by atoms with Gasteiger partial charge in [-0.25, -0.2) is 14.4 Å². The number of rotatable bonds is 4. The summed E-state index contributed by atoms with van der Waals surface area (Å²) >= 11 is 0. The van der Waals surface area contributed by atoms with Gasteiger partial charge in [-0.15, -0.1) is 0 Å². The lowest BCUT2D eigenvalue weighted by atomic mass is 9.90. The van der Waals surface area contributed by atoms with Gasteiger partial charge in [0.05, 0.1) is 16.7 Å². The number of carbonyl (C=O) groups is 3. The van der Waals surface area contributed by atoms with Gasteiger partial charge in [0, 0.05) is 39.8 Å². The summed E-state index contributed by atoms with van der Waals surface area (Å²) in [5.74, 6) is 1.64. The van der Waals surface area contributed by atoms with Crippen LogP contribution >= 0.6 is 0 Å². The molecule has 0 spiro atoms. The molecule has 0 unspecified atom stereocenters. The van der Waals surface area contributed by atoms with E-state index < -0.39 is 23.5 Å². The van der Waals surface area contributed by atoms with Gasteiger partial charge in [-0.1, -0.05) is 17.9 Å². The van der Waals surface area contributed by atoms with Crippen LogP contribution in [0.2, 0.25) is 0 Å². The molecule has 0 bridgehead atoms. The standard InChI is InChI=1S/C30H16O9/c31-17-5-9-21-25(13-17)39-26-14-18(32)6-10-22(26)27(21)19-7-3-15(11-23(19)29(35)36)1-2-16-4-8-20(28(33)34)24(12-16)30(37)38/h3-14,31H,(H,33,34)(H,35,36)(H,37,38). The number of carboxylic acid groups (broad SMARTS) is 3. The number of carboxylic acids is 3. The number of aromatic carboxylic acids is 3. The van der Waals surface area contributed by atoms with Crippen LogP contribution in [0.15, 0.2) is 82.0 Å². The fourth-order valence-corrected chi connectivity index (χ4v) is 4.30. The SMILES string of the molecule is O=C(O)c1ccc(C#Cc2ccc(-c3c4ccc(=O)cc-4oc4cc(O)ccc34)c(C(=O)O)c2)cc1C(=O)O. The molecule has 1 heterocycles. The maximum atomic E-state index is 12.3. The second kappa shape index (κ2) is 9.53. The third-order valence-electron chi connectivity index (χ3n) is 6.03. The number of hydrogen-bond donors (Lipinski definition) is 4. The van der Waals surface area contributed by atoms with E-state index in [1.54, 1.807) is 24.3 Å². The zero-order valence-electron chi connectivity index (χ0n) is 19.8. The van der Waals surface area contributed by atoms with Crippen LogP contribution in [-0.4, -0.2) is 38.3 Å². The monoisotopic (exact) mass is 520 g/mol. The predicted octanol–water partition coefficient (Wildman–Crippen LogP) is 4.76. The third-order valence-corrected chi connectivity index (χ3v) is 6.03. The highest BCUT2D eigenvalue weighted by atomic mass is 16.4. The first-order valence-electron chi connectivity index (χ1n) is 11.3. The van der Waals surface area contributed by atoms with Crippen molar-refractivity contribution < 1.29 is 39.2 Å². The van der Waals surface area contributed by atoms with Crippen LogP contribution in [-0.2, 0) is 0 Å². The van der Waals surface area contributed by atoms with E-state index in [2.05, 4.69) is 11.8 Å². The Morgan fingerprint density at radius 1 is 0.641 bits per heavy atom. The van der Waals surface area contributed by atoms with Crippen molar-refractivity contribution >= 4 is 28.9 Å². The maximum Gasteiger partial charge on any atom is 0.336 e. The molecule has 0 saturated heterocycles. The van der Waals surface area contributed by atoms with Gasteiger partial charge in [-0.3, -0.25) is 4.79 Å². The molecule has 5 rings (SSSR count). The van der Waals surface area contributed by atoms with E-state index in [-0.39, 0.29) is 39.2 Å². The molecule has 0 amide bonds. The van der Waals surface area contributed by atoms with Gasteiger partial charge in [-0.2, -0.15) is 0 Å². The van der Waals surface area contributed by atoms with E-state index in [9.17, 15) is 39.6 Å². The van der Waals surface area contributed by atoms with Crippen molar-refractivity contribution in [2.24, 2.45) is 0 Å². The molecule has 9 nitrogen and oxygen atoms in total. The minimum atomic E-state index is -1.42. The fourth-order valence-electron chi connectivity index (χ4n) is 4.30. The Morgan fingerprint density at radius 2 is 1.26 bits per heavy atom. The van der Waals surface area contributed by atoms with Crippen molar-refractivity contribution in [1.82, 2.24) is 0 Å². The molecule has 1 aliphatic heterocycles. The van der Waals surface area contributed by atoms with Crippen LogP contribution in [0.25, 0.3) is 33.4 Å². The molecule has 39 heavy (non-hydrogen) atoms. The van der Waals surface area contributed by atoms with Gasteiger partial charge in [0.25, 0.3) is 0 Å². The van der Waals surface area contributed by atoms with Gasteiger partial charge in [0.1, 0.15) is 17.1 Å². The first-order chi connectivity index (χ1) is 18.6. The van der Waals surface area contributed by atoms with E-state index in [1.807, 2.05) is 0 Å². The lowest BCUT2D eigenvalue weighted by Gasteiger charge is -2.17. The van der Waals surface area contributed by atoms with Crippen molar-refractivity contribution in [2.45, 2.75) is 0 Å². The van der Waals surface area contributed by atoms with Gasteiger partial charge >= 0.3 is 17.9 Å². The smallest absolute Gasteiger partial charge is 0.336 e. The Bertz CT molecular complexity index is 1940. The maximum absolute atomic E-state index is 12.3. The van der Waals surface area contributed by atoms with E-state index in [4.69, 9.17) is 4.42 Å². The highest BCUT2D eigenvalue weighted by Crippen LogP contribution is 2.42. The number of phenolic OH excluding ortho intramolecular Hbond substituents is 1. The summed E-state index contributed by atoms with van der Waals surface area (Å²) < 4.78 is 5.82. The van der Waals surface area contributed by atoms with Crippen LogP contribution < -0.4 is 5.43 Å². The first-order valence-corrected chi connectivity index (χ1v) is 11.3. The highest BCUT2D eigenvalue weighted by molar-refractivity contribution is 6.07. The average molecular weight is 520 g/mol. The quantitative estimate of drug-likeness (QED) is 0.193. The van der Waals surface area contributed by atoms with E-state index in [0.29, 0.717) is 27.6 Å². The summed E-state index contributed by atoms with van der Waals surface area (Å²) in [6, 6.07) is 16.7. The fraction of sp³-hybridized carbons (Fsp3) is 0. The molecule has 2 aliphatic rings. The topological polar surface area (TPSA) is 162 Å². The zero-order chi connectivity index (χ0) is 27.8. The molecular formula is C30H16O9. The first kappa shape index (κ1) is 24.8. The second-order valence-corrected chi connectivity index (χ2v) is 8.50. The van der Waals surface area contributed by atoms with Gasteiger partial charge in [0.15, 0.2) is 5.43 Å². The third kappa shape index (κ3) is 4.65. The van der Waals surface area contributed by atoms with Crippen LogP contribution in [0.1, 0.15) is 42.2 Å². The molecular weight excluding hydrogens is 504 g/mol. The molecule has 190 valence electrons. The molecule has 3 aromatic carbocycles. The summed E-state index contributed by atoms with van der Waals surface area (Å²) in [7, 11) is 0. The summed E-state index contributed by atoms with van der Waals surface area (Å²) in [6.07, 6.45) is 0. The lowest BCUT2D eigenvalue weighted by molar-refractivity contribution is 0.0651. The normalized spacial score (nSPS) is 10.7. The Balaban J connectivity index is 1.67. The highest BCUT2D eigenvalue weighted by Gasteiger charge is 2.22. The number of fused-ring (bicyclic) bond motifs is 2. The second-order valence-electron chi connectivity index (χ2n) is 8.50. The molecule has 0 radical (unpaired) electrons. The molecule has 3 aromatic rings. The largest absolute Gasteiger partial charge is 0.508 e. The molecule has 4 N–H and O–H groups in total. The van der Waals surface area contributed by atoms with E-state index in [0.717, 1.165) is 12.1 Å². The van der Waals surface area contributed by atoms with Crippen LogP contribution in [0.3, 0.4) is 0 Å². The average Bonchev–Trinajstić information content (AvgIpc) is 2.90. The molecule has 0 saturated carbocycles. The minimum Gasteiger partial charge on any atom is -0.508 e. The summed E-state index contributed by atoms with van der Waals surface area (Å²) in [5, 5.41) is 39.0. The van der Waals surface area contributed by atoms with Crippen LogP contribution in [0.4, 0.5) is 0 Å². The van der Waals surface area contributed by atoms with Gasteiger partial charge in [0.2, 0.25) is 0 Å². The molecule has 1 aliphatic carbocycles. The molecule has 9 heteroatoms. The number of aromatic hydroxyl groups is 1. The lowest BCUT2D eigenvalue weighted by Crippen LogP contribution is -2.08. The molecule has 0 fully saturated rings. The summed E-state index contributed by atoms with van der Waals surface area (Å²) in [4.78, 5) is 47.0. The number of hydrogen-bond acceptors (Lipinski definition) is 6.